The summed E-state index contributed by atoms with van der Waals surface area (Å²) in [4.78, 5) is 11.6. The van der Waals surface area contributed by atoms with E-state index in [9.17, 15) is 9.90 Å². The Hall–Kier alpha value is -1.87. The van der Waals surface area contributed by atoms with Crippen LogP contribution in [0.2, 0.25) is 0 Å². The van der Waals surface area contributed by atoms with Gasteiger partial charge in [0.2, 0.25) is 0 Å². The largest absolute Gasteiger partial charge is 0.459 e. The van der Waals surface area contributed by atoms with Crippen molar-refractivity contribution in [2.45, 2.75) is 57.7 Å². The lowest BCUT2D eigenvalue weighted by Gasteiger charge is -2.19. The van der Waals surface area contributed by atoms with Gasteiger partial charge in [0.15, 0.2) is 0 Å². The molecular formula is C20H28O3. The SMILES string of the molecule is CC/C=C\C/C=C/C=C/C=C\[C@@H](O)[C@@H]1C/C=C\CCCC(=O)O1. The van der Waals surface area contributed by atoms with Crippen molar-refractivity contribution in [1.82, 2.24) is 0 Å². The zero-order valence-electron chi connectivity index (χ0n) is 13.9. The third-order valence-corrected chi connectivity index (χ3v) is 3.40. The molecule has 23 heavy (non-hydrogen) atoms. The third kappa shape index (κ3) is 9.69. The second kappa shape index (κ2) is 12.7. The summed E-state index contributed by atoms with van der Waals surface area (Å²) in [6, 6.07) is 0. The van der Waals surface area contributed by atoms with E-state index in [1.165, 1.54) is 0 Å². The number of aliphatic hydroxyl groups excluding tert-OH is 1. The Bertz CT molecular complexity index is 469. The molecule has 3 heteroatoms. The van der Waals surface area contributed by atoms with Crippen LogP contribution < -0.4 is 0 Å². The van der Waals surface area contributed by atoms with E-state index in [-0.39, 0.29) is 5.97 Å². The van der Waals surface area contributed by atoms with Gasteiger partial charge in [-0.2, -0.15) is 0 Å². The Labute approximate surface area is 139 Å². The standard InChI is InChI=1S/C20H28O3/c1-2-3-4-5-6-7-8-9-12-15-18(21)19-16-13-10-11-14-17-20(22)23-19/h3-4,6-10,12-13,15,18-19,21H,2,5,11,14,16-17H2,1H3/b4-3-,7-6+,9-8+,13-10-,15-12-/t18-,19+/m1/s1. The fourth-order valence-electron chi connectivity index (χ4n) is 2.13. The molecule has 3 nitrogen and oxygen atoms in total. The van der Waals surface area contributed by atoms with Gasteiger partial charge < -0.3 is 9.84 Å². The Balaban J connectivity index is 2.41. The maximum atomic E-state index is 11.6. The summed E-state index contributed by atoms with van der Waals surface area (Å²) in [6.45, 7) is 2.11. The van der Waals surface area contributed by atoms with Gasteiger partial charge in [0, 0.05) is 12.8 Å². The first-order valence-corrected chi connectivity index (χ1v) is 8.41. The molecule has 0 saturated carbocycles. The van der Waals surface area contributed by atoms with Crippen LogP contribution in [0.25, 0.3) is 0 Å². The molecule has 1 rings (SSSR count). The topological polar surface area (TPSA) is 46.5 Å². The van der Waals surface area contributed by atoms with Crippen molar-refractivity contribution in [2.24, 2.45) is 0 Å². The van der Waals surface area contributed by atoms with E-state index in [1.807, 2.05) is 30.4 Å². The van der Waals surface area contributed by atoms with Crippen molar-refractivity contribution in [3.63, 3.8) is 0 Å². The second-order valence-corrected chi connectivity index (χ2v) is 5.43. The van der Waals surface area contributed by atoms with Gasteiger partial charge in [-0.1, -0.05) is 67.7 Å². The van der Waals surface area contributed by atoms with Crippen molar-refractivity contribution < 1.29 is 14.6 Å². The lowest BCUT2D eigenvalue weighted by molar-refractivity contribution is -0.153. The molecule has 0 amide bonds. The van der Waals surface area contributed by atoms with E-state index in [4.69, 9.17) is 4.74 Å². The molecule has 0 aliphatic carbocycles. The summed E-state index contributed by atoms with van der Waals surface area (Å²) in [5, 5.41) is 10.1. The molecule has 1 N–H and O–H groups in total. The zero-order chi connectivity index (χ0) is 16.8. The molecule has 0 radical (unpaired) electrons. The van der Waals surface area contributed by atoms with Gasteiger partial charge in [0.05, 0.1) is 0 Å². The summed E-state index contributed by atoms with van der Waals surface area (Å²) in [5.74, 6) is -0.232. The first-order chi connectivity index (χ1) is 11.2. The van der Waals surface area contributed by atoms with E-state index in [1.54, 1.807) is 12.2 Å². The van der Waals surface area contributed by atoms with E-state index < -0.39 is 12.2 Å². The number of cyclic esters (lactones) is 1. The van der Waals surface area contributed by atoms with Crippen LogP contribution in [-0.2, 0) is 9.53 Å². The number of allylic oxidation sites excluding steroid dienone is 8. The number of aliphatic hydroxyl groups is 1. The van der Waals surface area contributed by atoms with Crippen LogP contribution in [0.5, 0.6) is 0 Å². The zero-order valence-corrected chi connectivity index (χ0v) is 13.9. The number of hydrogen-bond donors (Lipinski definition) is 1. The molecule has 1 heterocycles. The van der Waals surface area contributed by atoms with Gasteiger partial charge in [0.25, 0.3) is 0 Å². The molecule has 0 aromatic rings. The van der Waals surface area contributed by atoms with Crippen LogP contribution in [0.1, 0.15) is 45.4 Å². The van der Waals surface area contributed by atoms with E-state index >= 15 is 0 Å². The molecule has 1 aliphatic heterocycles. The highest BCUT2D eigenvalue weighted by atomic mass is 16.6. The maximum Gasteiger partial charge on any atom is 0.306 e. The summed E-state index contributed by atoms with van der Waals surface area (Å²) in [6.07, 6.45) is 22.9. The summed E-state index contributed by atoms with van der Waals surface area (Å²) in [7, 11) is 0. The number of esters is 1. The average molecular weight is 316 g/mol. The van der Waals surface area contributed by atoms with E-state index in [2.05, 4.69) is 25.2 Å². The fraction of sp³-hybridized carbons (Fsp3) is 0.450. The molecule has 0 fully saturated rings. The van der Waals surface area contributed by atoms with Gasteiger partial charge >= 0.3 is 5.97 Å². The Morgan fingerprint density at radius 3 is 2.87 bits per heavy atom. The maximum absolute atomic E-state index is 11.6. The molecule has 0 saturated heterocycles. The van der Waals surface area contributed by atoms with Crippen LogP contribution in [0.3, 0.4) is 0 Å². The van der Waals surface area contributed by atoms with Gasteiger partial charge in [-0.25, -0.2) is 0 Å². The fourth-order valence-corrected chi connectivity index (χ4v) is 2.13. The highest BCUT2D eigenvalue weighted by Crippen LogP contribution is 2.13. The molecule has 0 bridgehead atoms. The molecule has 0 aromatic heterocycles. The number of carbonyl (C=O) groups is 1. The third-order valence-electron chi connectivity index (χ3n) is 3.40. The summed E-state index contributed by atoms with van der Waals surface area (Å²) in [5.41, 5.74) is 0. The number of rotatable bonds is 7. The van der Waals surface area contributed by atoms with Gasteiger partial charge in [0.1, 0.15) is 12.2 Å². The van der Waals surface area contributed by atoms with Crippen LogP contribution in [0.15, 0.2) is 60.8 Å². The van der Waals surface area contributed by atoms with Crippen molar-refractivity contribution in [3.05, 3.63) is 60.8 Å². The molecule has 126 valence electrons. The smallest absolute Gasteiger partial charge is 0.306 e. The first kappa shape index (κ1) is 19.2. The van der Waals surface area contributed by atoms with Crippen molar-refractivity contribution in [2.75, 3.05) is 0 Å². The quantitative estimate of drug-likeness (QED) is 0.430. The summed E-state index contributed by atoms with van der Waals surface area (Å²) < 4.78 is 5.33. The highest BCUT2D eigenvalue weighted by molar-refractivity contribution is 5.69. The summed E-state index contributed by atoms with van der Waals surface area (Å²) >= 11 is 0. The van der Waals surface area contributed by atoms with E-state index in [0.29, 0.717) is 12.8 Å². The minimum atomic E-state index is -0.789. The Morgan fingerprint density at radius 1 is 1.22 bits per heavy atom. The molecular weight excluding hydrogens is 288 g/mol. The van der Waals surface area contributed by atoms with Crippen LogP contribution in [-0.4, -0.2) is 23.3 Å². The van der Waals surface area contributed by atoms with E-state index in [0.717, 1.165) is 25.7 Å². The lowest BCUT2D eigenvalue weighted by Crippen LogP contribution is -2.29. The van der Waals surface area contributed by atoms with Crippen LogP contribution >= 0.6 is 0 Å². The molecule has 2 atom stereocenters. The van der Waals surface area contributed by atoms with Crippen LogP contribution in [0.4, 0.5) is 0 Å². The number of hydrogen-bond acceptors (Lipinski definition) is 3. The minimum Gasteiger partial charge on any atom is -0.459 e. The number of carbonyl (C=O) groups excluding carboxylic acids is 1. The van der Waals surface area contributed by atoms with Crippen molar-refractivity contribution >= 4 is 5.97 Å². The van der Waals surface area contributed by atoms with Crippen LogP contribution in [0, 0.1) is 0 Å². The number of ether oxygens (including phenoxy) is 1. The van der Waals surface area contributed by atoms with Gasteiger partial charge in [-0.3, -0.25) is 4.79 Å². The molecule has 0 spiro atoms. The first-order valence-electron chi connectivity index (χ1n) is 8.41. The predicted molar refractivity (Wildman–Crippen MR) is 95.0 cm³/mol. The highest BCUT2D eigenvalue weighted by Gasteiger charge is 2.20. The van der Waals surface area contributed by atoms with Crippen molar-refractivity contribution in [3.8, 4) is 0 Å². The monoisotopic (exact) mass is 316 g/mol. The van der Waals surface area contributed by atoms with Crippen molar-refractivity contribution in [1.29, 1.82) is 0 Å². The lowest BCUT2D eigenvalue weighted by atomic mass is 10.1. The average Bonchev–Trinajstić information content (AvgIpc) is 2.65. The van der Waals surface area contributed by atoms with Gasteiger partial charge in [-0.05, 0) is 25.7 Å². The predicted octanol–water partition coefficient (Wildman–Crippen LogP) is 4.41. The normalized spacial score (nSPS) is 23.2. The minimum absolute atomic E-state index is 0.232. The Kier molecular flexibility index (Phi) is 10.5. The molecule has 0 aromatic carbocycles. The molecule has 1 aliphatic rings. The second-order valence-electron chi connectivity index (χ2n) is 5.43. The molecule has 0 unspecified atom stereocenters. The Morgan fingerprint density at radius 2 is 2.04 bits per heavy atom. The van der Waals surface area contributed by atoms with Gasteiger partial charge in [-0.15, -0.1) is 0 Å².